The normalized spacial score (nSPS) is 12.3. The fourth-order valence-corrected chi connectivity index (χ4v) is 2.94. The largest absolute Gasteiger partial charge is 0.493 e. The quantitative estimate of drug-likeness (QED) is 0.728. The van der Waals surface area contributed by atoms with Crippen molar-refractivity contribution in [1.82, 2.24) is 5.32 Å². The zero-order chi connectivity index (χ0) is 16.8. The van der Waals surface area contributed by atoms with Gasteiger partial charge in [0.05, 0.1) is 17.7 Å². The molecule has 0 fully saturated rings. The zero-order valence-corrected chi connectivity index (χ0v) is 15.7. The summed E-state index contributed by atoms with van der Waals surface area (Å²) in [6, 6.07) is 14.8. The van der Waals surface area contributed by atoms with Crippen molar-refractivity contribution in [2.75, 3.05) is 7.11 Å². The van der Waals surface area contributed by atoms with Gasteiger partial charge in [0.2, 0.25) is 0 Å². The van der Waals surface area contributed by atoms with Gasteiger partial charge < -0.3 is 14.8 Å². The molecule has 1 atom stereocenters. The molecule has 1 N–H and O–H groups in total. The van der Waals surface area contributed by atoms with E-state index in [-0.39, 0.29) is 12.1 Å². The Kier molecular flexibility index (Phi) is 6.48. The molecule has 0 saturated carbocycles. The Hall–Kier alpha value is -1.52. The van der Waals surface area contributed by atoms with Crippen LogP contribution in [0.1, 0.15) is 37.9 Å². The number of ether oxygens (including phenoxy) is 2. The fraction of sp³-hybridized carbons (Fsp3) is 0.368. The third-order valence-corrected chi connectivity index (χ3v) is 4.14. The van der Waals surface area contributed by atoms with E-state index < -0.39 is 0 Å². The Morgan fingerprint density at radius 3 is 2.39 bits per heavy atom. The van der Waals surface area contributed by atoms with Gasteiger partial charge in [-0.05, 0) is 60.0 Å². The number of nitrogens with one attached hydrogen (secondary N) is 1. The van der Waals surface area contributed by atoms with Gasteiger partial charge in [-0.15, -0.1) is 0 Å². The van der Waals surface area contributed by atoms with E-state index in [1.807, 2.05) is 26.0 Å². The van der Waals surface area contributed by atoms with Crippen molar-refractivity contribution in [3.63, 3.8) is 0 Å². The van der Waals surface area contributed by atoms with Crippen LogP contribution in [-0.2, 0) is 6.54 Å². The molecule has 0 bridgehead atoms. The molecular formula is C19H24BrNO2. The van der Waals surface area contributed by atoms with Crippen LogP contribution in [0.5, 0.6) is 11.5 Å². The van der Waals surface area contributed by atoms with Crippen molar-refractivity contribution >= 4 is 15.9 Å². The van der Waals surface area contributed by atoms with Gasteiger partial charge in [-0.2, -0.15) is 0 Å². The molecule has 124 valence electrons. The predicted molar refractivity (Wildman–Crippen MR) is 98.2 cm³/mol. The van der Waals surface area contributed by atoms with Crippen LogP contribution < -0.4 is 14.8 Å². The van der Waals surface area contributed by atoms with Gasteiger partial charge in [-0.25, -0.2) is 0 Å². The first-order valence-electron chi connectivity index (χ1n) is 7.82. The zero-order valence-electron chi connectivity index (χ0n) is 14.1. The molecule has 2 aromatic rings. The fourth-order valence-electron chi connectivity index (χ4n) is 2.36. The lowest BCUT2D eigenvalue weighted by molar-refractivity contribution is 0.228. The van der Waals surface area contributed by atoms with Crippen molar-refractivity contribution in [3.05, 3.63) is 58.1 Å². The molecule has 0 amide bonds. The van der Waals surface area contributed by atoms with E-state index in [0.29, 0.717) is 0 Å². The number of hydrogen-bond donors (Lipinski definition) is 1. The Morgan fingerprint density at radius 2 is 1.78 bits per heavy atom. The monoisotopic (exact) mass is 377 g/mol. The third kappa shape index (κ3) is 4.98. The summed E-state index contributed by atoms with van der Waals surface area (Å²) < 4.78 is 12.2. The van der Waals surface area contributed by atoms with Crippen molar-refractivity contribution in [1.29, 1.82) is 0 Å². The van der Waals surface area contributed by atoms with E-state index in [9.17, 15) is 0 Å². The summed E-state index contributed by atoms with van der Waals surface area (Å²) in [5.41, 5.74) is 2.42. The van der Waals surface area contributed by atoms with E-state index in [4.69, 9.17) is 9.47 Å². The lowest BCUT2D eigenvalue weighted by Gasteiger charge is -2.18. The van der Waals surface area contributed by atoms with Crippen LogP contribution in [0.25, 0.3) is 0 Å². The van der Waals surface area contributed by atoms with Crippen LogP contribution in [0.2, 0.25) is 0 Å². The number of hydrogen-bond acceptors (Lipinski definition) is 3. The smallest absolute Gasteiger partial charge is 0.175 e. The molecule has 23 heavy (non-hydrogen) atoms. The van der Waals surface area contributed by atoms with Gasteiger partial charge in [0.15, 0.2) is 11.5 Å². The van der Waals surface area contributed by atoms with Gasteiger partial charge >= 0.3 is 0 Å². The van der Waals surface area contributed by atoms with E-state index in [1.54, 1.807) is 7.11 Å². The third-order valence-electron chi connectivity index (χ3n) is 3.55. The molecule has 0 spiro atoms. The van der Waals surface area contributed by atoms with Gasteiger partial charge in [0.25, 0.3) is 0 Å². The minimum absolute atomic E-state index is 0.0993. The summed E-state index contributed by atoms with van der Waals surface area (Å²) in [4.78, 5) is 0. The Morgan fingerprint density at radius 1 is 1.09 bits per heavy atom. The molecule has 0 unspecified atom stereocenters. The van der Waals surface area contributed by atoms with Gasteiger partial charge in [-0.3, -0.25) is 0 Å². The molecule has 0 saturated heterocycles. The van der Waals surface area contributed by atoms with Gasteiger partial charge in [0.1, 0.15) is 0 Å². The van der Waals surface area contributed by atoms with Crippen LogP contribution in [0.15, 0.2) is 46.9 Å². The Balaban J connectivity index is 2.10. The molecule has 0 heterocycles. The van der Waals surface area contributed by atoms with Crippen molar-refractivity contribution < 1.29 is 9.47 Å². The highest BCUT2D eigenvalue weighted by atomic mass is 79.9. The highest BCUT2D eigenvalue weighted by Gasteiger charge is 2.13. The maximum Gasteiger partial charge on any atom is 0.175 e. The molecular weight excluding hydrogens is 354 g/mol. The first kappa shape index (κ1) is 17.8. The minimum Gasteiger partial charge on any atom is -0.493 e. The molecule has 0 radical (unpaired) electrons. The van der Waals surface area contributed by atoms with E-state index in [0.717, 1.165) is 28.1 Å². The summed E-state index contributed by atoms with van der Waals surface area (Å²) >= 11 is 3.59. The lowest BCUT2D eigenvalue weighted by atomic mass is 10.1. The molecule has 0 aliphatic heterocycles. The molecule has 0 aliphatic rings. The van der Waals surface area contributed by atoms with E-state index in [2.05, 4.69) is 58.5 Å². The molecule has 3 nitrogen and oxygen atoms in total. The number of methoxy groups -OCH3 is 1. The van der Waals surface area contributed by atoms with Crippen molar-refractivity contribution in [2.45, 2.75) is 39.5 Å². The van der Waals surface area contributed by atoms with Crippen LogP contribution >= 0.6 is 15.9 Å². The predicted octanol–water partition coefficient (Wildman–Crippen LogP) is 5.10. The lowest BCUT2D eigenvalue weighted by Crippen LogP contribution is -2.18. The maximum atomic E-state index is 5.82. The van der Waals surface area contributed by atoms with Crippen LogP contribution in [0.3, 0.4) is 0 Å². The average Bonchev–Trinajstić information content (AvgIpc) is 2.55. The second-order valence-electron chi connectivity index (χ2n) is 5.79. The minimum atomic E-state index is 0.0993. The number of halogens is 1. The molecule has 4 heteroatoms. The van der Waals surface area contributed by atoms with Crippen LogP contribution in [0, 0.1) is 0 Å². The van der Waals surface area contributed by atoms with Crippen LogP contribution in [-0.4, -0.2) is 13.2 Å². The summed E-state index contributed by atoms with van der Waals surface area (Å²) in [7, 11) is 1.67. The molecule has 0 aromatic heterocycles. The molecule has 0 aliphatic carbocycles. The van der Waals surface area contributed by atoms with Gasteiger partial charge in [-0.1, -0.05) is 30.3 Å². The van der Waals surface area contributed by atoms with Crippen LogP contribution in [0.4, 0.5) is 0 Å². The Bertz CT molecular complexity index is 629. The van der Waals surface area contributed by atoms with Crippen molar-refractivity contribution in [3.8, 4) is 11.5 Å². The first-order valence-corrected chi connectivity index (χ1v) is 8.62. The van der Waals surface area contributed by atoms with Gasteiger partial charge in [0, 0.05) is 12.6 Å². The average molecular weight is 378 g/mol. The highest BCUT2D eigenvalue weighted by Crippen LogP contribution is 2.37. The molecule has 2 aromatic carbocycles. The SMILES string of the molecule is COc1cc(CN[C@H](C)c2ccccc2)cc(Br)c1OC(C)C. The van der Waals surface area contributed by atoms with Crippen molar-refractivity contribution in [2.24, 2.45) is 0 Å². The second kappa shape index (κ2) is 8.37. The summed E-state index contributed by atoms with van der Waals surface area (Å²) in [6.45, 7) is 6.93. The number of rotatable bonds is 7. The maximum absolute atomic E-state index is 5.82. The topological polar surface area (TPSA) is 30.5 Å². The standard InChI is InChI=1S/C19H24BrNO2/c1-13(2)23-19-17(20)10-15(11-18(19)22-4)12-21-14(3)16-8-6-5-7-9-16/h5-11,13-14,21H,12H2,1-4H3/t14-/m1/s1. The van der Waals surface area contributed by atoms with E-state index >= 15 is 0 Å². The van der Waals surface area contributed by atoms with E-state index in [1.165, 1.54) is 5.56 Å². The summed E-state index contributed by atoms with van der Waals surface area (Å²) in [5.74, 6) is 1.50. The second-order valence-corrected chi connectivity index (χ2v) is 6.64. The summed E-state index contributed by atoms with van der Waals surface area (Å²) in [5, 5.41) is 3.54. The first-order chi connectivity index (χ1) is 11.0. The molecule has 2 rings (SSSR count). The highest BCUT2D eigenvalue weighted by molar-refractivity contribution is 9.10. The number of benzene rings is 2. The Labute approximate surface area is 147 Å². The summed E-state index contributed by atoms with van der Waals surface area (Å²) in [6.07, 6.45) is 0.0993.